The molecule has 7 heteroatoms. The molecule has 0 fully saturated rings. The Morgan fingerprint density at radius 1 is 1.04 bits per heavy atom. The lowest BCUT2D eigenvalue weighted by atomic mass is 10.1. The highest BCUT2D eigenvalue weighted by molar-refractivity contribution is 5.96. The fourth-order valence-electron chi connectivity index (χ4n) is 2.01. The summed E-state index contributed by atoms with van der Waals surface area (Å²) < 4.78 is 4.93. The molecule has 0 saturated carbocycles. The summed E-state index contributed by atoms with van der Waals surface area (Å²) in [5.74, 6) is -1.44. The molecule has 0 saturated heterocycles. The molecule has 0 aliphatic carbocycles. The van der Waals surface area contributed by atoms with Gasteiger partial charge >= 0.3 is 5.97 Å². The molecule has 2 amide bonds. The Bertz CT molecular complexity index is 855. The van der Waals surface area contributed by atoms with Gasteiger partial charge in [-0.25, -0.2) is 4.79 Å². The second kappa shape index (κ2) is 8.26. The van der Waals surface area contributed by atoms with E-state index in [0.29, 0.717) is 16.9 Å². The van der Waals surface area contributed by atoms with Crippen molar-refractivity contribution < 1.29 is 19.1 Å². The van der Waals surface area contributed by atoms with E-state index in [1.807, 2.05) is 6.07 Å². The monoisotopic (exact) mass is 337 g/mol. The van der Waals surface area contributed by atoms with Gasteiger partial charge in [0, 0.05) is 18.3 Å². The van der Waals surface area contributed by atoms with Gasteiger partial charge in [0.15, 0.2) is 6.61 Å². The number of rotatable bonds is 5. The van der Waals surface area contributed by atoms with Crippen LogP contribution < -0.4 is 10.6 Å². The van der Waals surface area contributed by atoms with E-state index >= 15 is 0 Å². The Balaban J connectivity index is 1.91. The maximum atomic E-state index is 11.9. The molecule has 126 valence electrons. The van der Waals surface area contributed by atoms with Crippen LogP contribution in [0.3, 0.4) is 0 Å². The first-order chi connectivity index (χ1) is 12.0. The number of nitrogens with zero attached hydrogens (tertiary/aromatic N) is 1. The van der Waals surface area contributed by atoms with Crippen LogP contribution in [-0.2, 0) is 14.3 Å². The second-order valence-electron chi connectivity index (χ2n) is 5.08. The van der Waals surface area contributed by atoms with E-state index in [0.717, 1.165) is 0 Å². The van der Waals surface area contributed by atoms with Gasteiger partial charge in [-0.15, -0.1) is 0 Å². The molecule has 0 atom stereocenters. The molecule has 0 radical (unpaired) electrons. The van der Waals surface area contributed by atoms with Gasteiger partial charge in [-0.3, -0.25) is 9.59 Å². The van der Waals surface area contributed by atoms with Crippen LogP contribution in [0.25, 0.3) is 0 Å². The highest BCUT2D eigenvalue weighted by Crippen LogP contribution is 2.15. The molecule has 2 rings (SSSR count). The lowest BCUT2D eigenvalue weighted by molar-refractivity contribution is -0.119. The molecule has 25 heavy (non-hydrogen) atoms. The van der Waals surface area contributed by atoms with Gasteiger partial charge in [-0.05, 0) is 36.4 Å². The van der Waals surface area contributed by atoms with Crippen LogP contribution in [0.5, 0.6) is 0 Å². The third-order valence-electron chi connectivity index (χ3n) is 3.03. The lowest BCUT2D eigenvalue weighted by Gasteiger charge is -2.08. The van der Waals surface area contributed by atoms with Gasteiger partial charge in [0.2, 0.25) is 5.91 Å². The molecule has 7 nitrogen and oxygen atoms in total. The van der Waals surface area contributed by atoms with E-state index in [2.05, 4.69) is 10.6 Å². The topological polar surface area (TPSA) is 108 Å². The molecule has 0 spiro atoms. The number of benzene rings is 2. The van der Waals surface area contributed by atoms with Crippen LogP contribution in [0.2, 0.25) is 0 Å². The van der Waals surface area contributed by atoms with Crippen LogP contribution in [0.4, 0.5) is 11.4 Å². The first-order valence-electron chi connectivity index (χ1n) is 7.33. The normalized spacial score (nSPS) is 9.60. The van der Waals surface area contributed by atoms with E-state index in [4.69, 9.17) is 10.00 Å². The number of carbonyl (C=O) groups excluding carboxylic acids is 3. The highest BCUT2D eigenvalue weighted by Gasteiger charge is 2.11. The third-order valence-corrected chi connectivity index (χ3v) is 3.03. The Morgan fingerprint density at radius 2 is 1.72 bits per heavy atom. The fourth-order valence-corrected chi connectivity index (χ4v) is 2.01. The molecule has 0 aromatic heterocycles. The minimum Gasteiger partial charge on any atom is -0.452 e. The SMILES string of the molecule is CC(=O)Nc1cccc(NC(=O)COC(=O)c2cccc(C#N)c2)c1. The first-order valence-corrected chi connectivity index (χ1v) is 7.33. The Morgan fingerprint density at radius 3 is 2.40 bits per heavy atom. The molecule has 0 aliphatic heterocycles. The standard InChI is InChI=1S/C18H15N3O4/c1-12(22)20-15-6-3-7-16(9-15)21-17(23)11-25-18(24)14-5-2-4-13(8-14)10-19/h2-9H,11H2,1H3,(H,20,22)(H,21,23). The van der Waals surface area contributed by atoms with Gasteiger partial charge < -0.3 is 15.4 Å². The van der Waals surface area contributed by atoms with Crippen LogP contribution in [0.1, 0.15) is 22.8 Å². The largest absolute Gasteiger partial charge is 0.452 e. The van der Waals surface area contributed by atoms with Gasteiger partial charge in [-0.2, -0.15) is 5.26 Å². The average molecular weight is 337 g/mol. The number of nitriles is 1. The lowest BCUT2D eigenvalue weighted by Crippen LogP contribution is -2.21. The number of hydrogen-bond acceptors (Lipinski definition) is 5. The molecule has 0 unspecified atom stereocenters. The number of ether oxygens (including phenoxy) is 1. The Labute approximate surface area is 144 Å². The van der Waals surface area contributed by atoms with E-state index in [9.17, 15) is 14.4 Å². The summed E-state index contributed by atoms with van der Waals surface area (Å²) in [5, 5.41) is 14.0. The van der Waals surface area contributed by atoms with Crippen molar-refractivity contribution >= 4 is 29.2 Å². The Kier molecular flexibility index (Phi) is 5.85. The van der Waals surface area contributed by atoms with E-state index in [1.165, 1.54) is 19.1 Å². The zero-order chi connectivity index (χ0) is 18.2. The summed E-state index contributed by atoms with van der Waals surface area (Å²) in [5.41, 5.74) is 1.52. The molecule has 0 heterocycles. The predicted molar refractivity (Wildman–Crippen MR) is 90.8 cm³/mol. The van der Waals surface area contributed by atoms with Crippen LogP contribution in [0.15, 0.2) is 48.5 Å². The molecule has 0 aliphatic rings. The van der Waals surface area contributed by atoms with Gasteiger partial charge in [0.1, 0.15) is 0 Å². The van der Waals surface area contributed by atoms with Crippen molar-refractivity contribution in [2.45, 2.75) is 6.92 Å². The van der Waals surface area contributed by atoms with Gasteiger partial charge in [0.25, 0.3) is 5.91 Å². The predicted octanol–water partition coefficient (Wildman–Crippen LogP) is 2.31. The third kappa shape index (κ3) is 5.48. The van der Waals surface area contributed by atoms with E-state index in [1.54, 1.807) is 36.4 Å². The summed E-state index contributed by atoms with van der Waals surface area (Å²) in [4.78, 5) is 34.8. The summed E-state index contributed by atoms with van der Waals surface area (Å²) in [6.07, 6.45) is 0. The second-order valence-corrected chi connectivity index (χ2v) is 5.08. The fraction of sp³-hybridized carbons (Fsp3) is 0.111. The zero-order valence-electron chi connectivity index (χ0n) is 13.4. The highest BCUT2D eigenvalue weighted by atomic mass is 16.5. The van der Waals surface area contributed by atoms with Crippen molar-refractivity contribution in [3.05, 3.63) is 59.7 Å². The van der Waals surface area contributed by atoms with Crippen molar-refractivity contribution in [2.75, 3.05) is 17.2 Å². The number of amides is 2. The van der Waals surface area contributed by atoms with Crippen molar-refractivity contribution in [2.24, 2.45) is 0 Å². The van der Waals surface area contributed by atoms with Crippen LogP contribution in [-0.4, -0.2) is 24.4 Å². The molecule has 2 N–H and O–H groups in total. The number of carbonyl (C=O) groups is 3. The van der Waals surface area contributed by atoms with Crippen LogP contribution >= 0.6 is 0 Å². The first kappa shape index (κ1) is 17.7. The summed E-state index contributed by atoms with van der Waals surface area (Å²) in [6, 6.07) is 14.5. The quantitative estimate of drug-likeness (QED) is 0.814. The van der Waals surface area contributed by atoms with Crippen molar-refractivity contribution in [3.8, 4) is 6.07 Å². The summed E-state index contributed by atoms with van der Waals surface area (Å²) >= 11 is 0. The summed E-state index contributed by atoms with van der Waals surface area (Å²) in [6.45, 7) is 0.909. The van der Waals surface area contributed by atoms with Crippen molar-refractivity contribution in [3.63, 3.8) is 0 Å². The van der Waals surface area contributed by atoms with Gasteiger partial charge in [-0.1, -0.05) is 12.1 Å². The number of esters is 1. The smallest absolute Gasteiger partial charge is 0.338 e. The van der Waals surface area contributed by atoms with E-state index in [-0.39, 0.29) is 11.5 Å². The molecular weight excluding hydrogens is 322 g/mol. The van der Waals surface area contributed by atoms with Gasteiger partial charge in [0.05, 0.1) is 17.2 Å². The average Bonchev–Trinajstić information content (AvgIpc) is 2.59. The van der Waals surface area contributed by atoms with E-state index < -0.39 is 18.5 Å². The summed E-state index contributed by atoms with van der Waals surface area (Å²) in [7, 11) is 0. The van der Waals surface area contributed by atoms with Crippen LogP contribution in [0, 0.1) is 11.3 Å². The molecule has 2 aromatic rings. The molecular formula is C18H15N3O4. The number of nitrogens with one attached hydrogen (secondary N) is 2. The minimum absolute atomic E-state index is 0.194. The minimum atomic E-state index is -0.695. The molecule has 2 aromatic carbocycles. The number of hydrogen-bond donors (Lipinski definition) is 2. The Hall–Kier alpha value is -3.66. The maximum absolute atomic E-state index is 11.9. The van der Waals surface area contributed by atoms with Crippen molar-refractivity contribution in [1.82, 2.24) is 0 Å². The zero-order valence-corrected chi connectivity index (χ0v) is 13.4. The van der Waals surface area contributed by atoms with Crippen molar-refractivity contribution in [1.29, 1.82) is 5.26 Å². The number of anilines is 2. The molecule has 0 bridgehead atoms. The maximum Gasteiger partial charge on any atom is 0.338 e.